The Balaban J connectivity index is 0.00000480. The predicted molar refractivity (Wildman–Crippen MR) is 139 cm³/mol. The standard InChI is InChI=1S/C23H36N6O.HI/c1-6-24-22(27-18(2)11-12-23(3,4)5)25-16-19-9-7-10-20(15-19)28-21(30)17-29-14-8-13-26-29;/h7-10,13-15,18H,6,11-12,16-17H2,1-5H3,(H,28,30)(H2,24,25,27);1H. The molecule has 1 unspecified atom stereocenters. The molecule has 0 aliphatic carbocycles. The van der Waals surface area contributed by atoms with E-state index in [1.165, 1.54) is 0 Å². The minimum Gasteiger partial charge on any atom is -0.357 e. The fourth-order valence-electron chi connectivity index (χ4n) is 2.93. The summed E-state index contributed by atoms with van der Waals surface area (Å²) in [7, 11) is 0. The number of guanidine groups is 1. The van der Waals surface area contributed by atoms with Gasteiger partial charge in [-0.3, -0.25) is 9.48 Å². The molecule has 1 atom stereocenters. The number of rotatable bonds is 9. The number of nitrogens with one attached hydrogen (secondary N) is 3. The molecule has 0 spiro atoms. The molecule has 1 aromatic carbocycles. The second-order valence-electron chi connectivity index (χ2n) is 8.79. The fraction of sp³-hybridized carbons (Fsp3) is 0.522. The van der Waals surface area contributed by atoms with Gasteiger partial charge in [-0.2, -0.15) is 5.10 Å². The highest BCUT2D eigenvalue weighted by atomic mass is 127. The molecular weight excluding hydrogens is 503 g/mol. The maximum absolute atomic E-state index is 12.2. The zero-order chi connectivity index (χ0) is 22.0. The van der Waals surface area contributed by atoms with Crippen molar-refractivity contribution in [3.05, 3.63) is 48.3 Å². The number of aliphatic imine (C=N–C) groups is 1. The van der Waals surface area contributed by atoms with Crippen molar-refractivity contribution in [1.82, 2.24) is 20.4 Å². The monoisotopic (exact) mass is 540 g/mol. The largest absolute Gasteiger partial charge is 0.357 e. The van der Waals surface area contributed by atoms with Crippen LogP contribution < -0.4 is 16.0 Å². The van der Waals surface area contributed by atoms with E-state index in [0.717, 1.165) is 36.6 Å². The zero-order valence-electron chi connectivity index (χ0n) is 19.3. The summed E-state index contributed by atoms with van der Waals surface area (Å²) in [6.45, 7) is 12.6. The summed E-state index contributed by atoms with van der Waals surface area (Å²) in [6.07, 6.45) is 5.67. The number of halogens is 1. The lowest BCUT2D eigenvalue weighted by molar-refractivity contribution is -0.116. The smallest absolute Gasteiger partial charge is 0.246 e. The van der Waals surface area contributed by atoms with Gasteiger partial charge in [0.1, 0.15) is 6.54 Å². The van der Waals surface area contributed by atoms with E-state index in [1.54, 1.807) is 23.1 Å². The van der Waals surface area contributed by atoms with E-state index in [4.69, 9.17) is 4.99 Å². The first-order valence-corrected chi connectivity index (χ1v) is 10.7. The third-order valence-corrected chi connectivity index (χ3v) is 4.55. The van der Waals surface area contributed by atoms with E-state index >= 15 is 0 Å². The molecule has 0 fully saturated rings. The average Bonchev–Trinajstić information content (AvgIpc) is 3.17. The predicted octanol–water partition coefficient (Wildman–Crippen LogP) is 4.41. The van der Waals surface area contributed by atoms with Gasteiger partial charge < -0.3 is 16.0 Å². The summed E-state index contributed by atoms with van der Waals surface area (Å²) in [5.41, 5.74) is 2.12. The van der Waals surface area contributed by atoms with Crippen LogP contribution in [0.4, 0.5) is 5.69 Å². The Bertz CT molecular complexity index is 814. The summed E-state index contributed by atoms with van der Waals surface area (Å²) < 4.78 is 1.60. The van der Waals surface area contributed by atoms with E-state index in [0.29, 0.717) is 18.0 Å². The van der Waals surface area contributed by atoms with Gasteiger partial charge in [-0.1, -0.05) is 32.9 Å². The van der Waals surface area contributed by atoms with Crippen molar-refractivity contribution in [3.8, 4) is 0 Å². The highest BCUT2D eigenvalue weighted by Crippen LogP contribution is 2.21. The Hall–Kier alpha value is -2.10. The Morgan fingerprint density at radius 2 is 2.03 bits per heavy atom. The van der Waals surface area contributed by atoms with Crippen molar-refractivity contribution >= 4 is 41.5 Å². The number of hydrogen-bond acceptors (Lipinski definition) is 3. The first-order chi connectivity index (χ1) is 14.2. The summed E-state index contributed by atoms with van der Waals surface area (Å²) in [5, 5.41) is 13.8. The van der Waals surface area contributed by atoms with Crippen LogP contribution in [-0.2, 0) is 17.9 Å². The Morgan fingerprint density at radius 3 is 2.68 bits per heavy atom. The Morgan fingerprint density at radius 1 is 1.26 bits per heavy atom. The number of amides is 1. The van der Waals surface area contributed by atoms with Gasteiger partial charge in [0.25, 0.3) is 0 Å². The molecular formula is C23H37IN6O. The van der Waals surface area contributed by atoms with Crippen LogP contribution in [0.15, 0.2) is 47.7 Å². The highest BCUT2D eigenvalue weighted by molar-refractivity contribution is 14.0. The van der Waals surface area contributed by atoms with E-state index < -0.39 is 0 Å². The van der Waals surface area contributed by atoms with Gasteiger partial charge >= 0.3 is 0 Å². The lowest BCUT2D eigenvalue weighted by Gasteiger charge is -2.23. The van der Waals surface area contributed by atoms with Crippen molar-refractivity contribution in [1.29, 1.82) is 0 Å². The summed E-state index contributed by atoms with van der Waals surface area (Å²) in [4.78, 5) is 16.9. The normalized spacial score (nSPS) is 12.6. The molecule has 0 bridgehead atoms. The lowest BCUT2D eigenvalue weighted by Crippen LogP contribution is -2.42. The molecule has 0 aliphatic rings. The number of carbonyl (C=O) groups is 1. The first-order valence-electron chi connectivity index (χ1n) is 10.7. The van der Waals surface area contributed by atoms with Gasteiger partial charge in [-0.15, -0.1) is 24.0 Å². The van der Waals surface area contributed by atoms with Gasteiger partial charge in [0.05, 0.1) is 6.54 Å². The van der Waals surface area contributed by atoms with Gasteiger partial charge in [-0.25, -0.2) is 4.99 Å². The molecule has 1 amide bonds. The van der Waals surface area contributed by atoms with E-state index in [2.05, 4.69) is 55.7 Å². The second kappa shape index (κ2) is 13.3. The van der Waals surface area contributed by atoms with E-state index in [1.807, 2.05) is 24.3 Å². The first kappa shape index (κ1) is 26.9. The van der Waals surface area contributed by atoms with Crippen LogP contribution in [0.25, 0.3) is 0 Å². The van der Waals surface area contributed by atoms with Crippen LogP contribution in [-0.4, -0.2) is 34.2 Å². The summed E-state index contributed by atoms with van der Waals surface area (Å²) in [6, 6.07) is 9.92. The van der Waals surface area contributed by atoms with Crippen molar-refractivity contribution in [2.24, 2.45) is 10.4 Å². The molecule has 1 heterocycles. The average molecular weight is 540 g/mol. The second-order valence-corrected chi connectivity index (χ2v) is 8.79. The number of nitrogens with zero attached hydrogens (tertiary/aromatic N) is 3. The Labute approximate surface area is 203 Å². The minimum absolute atomic E-state index is 0. The molecule has 3 N–H and O–H groups in total. The maximum Gasteiger partial charge on any atom is 0.246 e. The molecule has 7 nitrogen and oxygen atoms in total. The Kier molecular flexibility index (Phi) is 11.6. The fourth-order valence-corrected chi connectivity index (χ4v) is 2.93. The van der Waals surface area contributed by atoms with Crippen LogP contribution in [0.1, 0.15) is 53.0 Å². The summed E-state index contributed by atoms with van der Waals surface area (Å²) >= 11 is 0. The van der Waals surface area contributed by atoms with Crippen LogP contribution in [0, 0.1) is 5.41 Å². The molecule has 0 saturated carbocycles. The molecule has 8 heteroatoms. The number of hydrogen-bond donors (Lipinski definition) is 3. The van der Waals surface area contributed by atoms with Crippen LogP contribution in [0.3, 0.4) is 0 Å². The van der Waals surface area contributed by atoms with Gasteiger partial charge in [-0.05, 0) is 55.9 Å². The number of anilines is 1. The summed E-state index contributed by atoms with van der Waals surface area (Å²) in [5.74, 6) is 0.703. The zero-order valence-corrected chi connectivity index (χ0v) is 21.6. The number of carbonyl (C=O) groups excluding carboxylic acids is 1. The minimum atomic E-state index is -0.109. The van der Waals surface area contributed by atoms with Crippen molar-refractivity contribution in [2.45, 2.75) is 66.6 Å². The van der Waals surface area contributed by atoms with Gasteiger partial charge in [0.2, 0.25) is 5.91 Å². The van der Waals surface area contributed by atoms with Gasteiger partial charge in [0, 0.05) is 30.7 Å². The highest BCUT2D eigenvalue weighted by Gasteiger charge is 2.13. The molecule has 1 aromatic heterocycles. The maximum atomic E-state index is 12.2. The molecule has 31 heavy (non-hydrogen) atoms. The van der Waals surface area contributed by atoms with Crippen LogP contribution in [0.5, 0.6) is 0 Å². The van der Waals surface area contributed by atoms with E-state index in [9.17, 15) is 4.79 Å². The van der Waals surface area contributed by atoms with Crippen molar-refractivity contribution in [3.63, 3.8) is 0 Å². The van der Waals surface area contributed by atoms with E-state index in [-0.39, 0.29) is 36.4 Å². The number of benzene rings is 1. The molecule has 0 aliphatic heterocycles. The van der Waals surface area contributed by atoms with Crippen molar-refractivity contribution in [2.75, 3.05) is 11.9 Å². The van der Waals surface area contributed by atoms with Crippen LogP contribution >= 0.6 is 24.0 Å². The topological polar surface area (TPSA) is 83.3 Å². The van der Waals surface area contributed by atoms with Crippen LogP contribution in [0.2, 0.25) is 0 Å². The van der Waals surface area contributed by atoms with Crippen molar-refractivity contribution < 1.29 is 4.79 Å². The number of aromatic nitrogens is 2. The molecule has 0 radical (unpaired) electrons. The molecule has 0 saturated heterocycles. The lowest BCUT2D eigenvalue weighted by atomic mass is 9.89. The quantitative estimate of drug-likeness (QED) is 0.250. The third-order valence-electron chi connectivity index (χ3n) is 4.55. The molecule has 172 valence electrons. The molecule has 2 aromatic rings. The third kappa shape index (κ3) is 11.2. The van der Waals surface area contributed by atoms with Gasteiger partial charge in [0.15, 0.2) is 5.96 Å². The molecule has 2 rings (SSSR count). The SMILES string of the molecule is CCNC(=NCc1cccc(NC(=O)Cn2cccn2)c1)NC(C)CCC(C)(C)C.I.